The third-order valence-electron chi connectivity index (χ3n) is 9.42. The van der Waals surface area contributed by atoms with Crippen LogP contribution in [0, 0.1) is 0 Å². The molecule has 55 heavy (non-hydrogen) atoms. The topological polar surface area (TPSA) is 172 Å². The molecule has 3 atom stereocenters. The zero-order valence-electron chi connectivity index (χ0n) is 34.8. The van der Waals surface area contributed by atoms with Gasteiger partial charge in [-0.3, -0.25) is 23.4 Å². The Hall–Kier alpha value is -2.04. The summed E-state index contributed by atoms with van der Waals surface area (Å²) in [6.45, 7) is 2.78. The van der Waals surface area contributed by atoms with Crippen LogP contribution in [0.1, 0.15) is 200 Å². The minimum absolute atomic E-state index is 0.153. The van der Waals surface area contributed by atoms with Crippen molar-refractivity contribution in [3.8, 4) is 0 Å². The van der Waals surface area contributed by atoms with Crippen LogP contribution in [0.5, 0.6) is 0 Å². The molecule has 4 N–H and O–H groups in total. The van der Waals surface area contributed by atoms with Crippen molar-refractivity contribution in [2.45, 2.75) is 212 Å². The molecular weight excluding hydrogens is 721 g/mol. The lowest BCUT2D eigenvalue weighted by atomic mass is 10.1. The van der Waals surface area contributed by atoms with Gasteiger partial charge in [0.2, 0.25) is 0 Å². The second kappa shape index (κ2) is 38.8. The van der Waals surface area contributed by atoms with Crippen LogP contribution in [-0.2, 0) is 37.5 Å². The molecule has 322 valence electrons. The van der Waals surface area contributed by atoms with Crippen LogP contribution < -0.4 is 5.73 Å². The molecule has 11 nitrogen and oxygen atoms in total. The largest absolute Gasteiger partial charge is 0.480 e. The molecule has 0 amide bonds. The fourth-order valence-corrected chi connectivity index (χ4v) is 6.71. The van der Waals surface area contributed by atoms with Crippen molar-refractivity contribution in [2.24, 2.45) is 5.73 Å². The van der Waals surface area contributed by atoms with E-state index in [-0.39, 0.29) is 19.4 Å². The predicted molar refractivity (Wildman–Crippen MR) is 222 cm³/mol. The molecule has 0 bridgehead atoms. The van der Waals surface area contributed by atoms with E-state index in [0.29, 0.717) is 12.8 Å². The van der Waals surface area contributed by atoms with Gasteiger partial charge >= 0.3 is 25.7 Å². The molecule has 12 heteroatoms. The highest BCUT2D eigenvalue weighted by atomic mass is 31.2. The number of allylic oxidation sites excluding steroid dienone is 4. The number of aliphatic carboxylic acids is 1. The summed E-state index contributed by atoms with van der Waals surface area (Å²) in [4.78, 5) is 45.9. The average molecular weight is 802 g/mol. The van der Waals surface area contributed by atoms with Crippen LogP contribution in [0.15, 0.2) is 24.3 Å². The number of carboxylic acid groups (broad SMARTS) is 1. The molecule has 0 aromatic heterocycles. The summed E-state index contributed by atoms with van der Waals surface area (Å²) in [7, 11) is -4.71. The van der Waals surface area contributed by atoms with Gasteiger partial charge in [-0.25, -0.2) is 4.57 Å². The maximum atomic E-state index is 12.6. The van der Waals surface area contributed by atoms with Gasteiger partial charge in [-0.15, -0.1) is 0 Å². The molecule has 0 aromatic carbocycles. The number of esters is 2. The Balaban J connectivity index is 4.35. The number of phosphoric ester groups is 1. The second-order valence-electron chi connectivity index (χ2n) is 14.8. The van der Waals surface area contributed by atoms with Gasteiger partial charge in [-0.05, 0) is 64.2 Å². The van der Waals surface area contributed by atoms with Crippen LogP contribution in [0.2, 0.25) is 0 Å². The normalized spacial score (nSPS) is 14.0. The summed E-state index contributed by atoms with van der Waals surface area (Å²) in [5.74, 6) is -2.39. The number of nitrogens with two attached hydrogens (primary N) is 1. The number of carboxylic acids is 1. The highest BCUT2D eigenvalue weighted by Gasteiger charge is 2.28. The summed E-state index contributed by atoms with van der Waals surface area (Å²) in [5.41, 5.74) is 5.33. The lowest BCUT2D eigenvalue weighted by Gasteiger charge is -2.20. The Kier molecular flexibility index (Phi) is 37.4. The van der Waals surface area contributed by atoms with E-state index in [1.165, 1.54) is 103 Å². The molecule has 0 saturated heterocycles. The fraction of sp³-hybridized carbons (Fsp3) is 0.837. The second-order valence-corrected chi connectivity index (χ2v) is 16.3. The van der Waals surface area contributed by atoms with Gasteiger partial charge in [0, 0.05) is 12.8 Å². The highest BCUT2D eigenvalue weighted by molar-refractivity contribution is 7.47. The van der Waals surface area contributed by atoms with Gasteiger partial charge < -0.3 is 25.2 Å². The number of hydrogen-bond donors (Lipinski definition) is 3. The van der Waals surface area contributed by atoms with Crippen molar-refractivity contribution in [3.05, 3.63) is 24.3 Å². The van der Waals surface area contributed by atoms with Crippen molar-refractivity contribution in [3.63, 3.8) is 0 Å². The van der Waals surface area contributed by atoms with E-state index >= 15 is 0 Å². The smallest absolute Gasteiger partial charge is 0.472 e. The minimum Gasteiger partial charge on any atom is -0.480 e. The molecule has 1 unspecified atom stereocenters. The number of unbranched alkanes of at least 4 members (excludes halogenated alkanes) is 23. The highest BCUT2D eigenvalue weighted by Crippen LogP contribution is 2.43. The summed E-state index contributed by atoms with van der Waals surface area (Å²) < 4.78 is 32.7. The first-order valence-electron chi connectivity index (χ1n) is 21.9. The van der Waals surface area contributed by atoms with Crippen LogP contribution in [0.25, 0.3) is 0 Å². The van der Waals surface area contributed by atoms with Gasteiger partial charge in [-0.1, -0.05) is 147 Å². The van der Waals surface area contributed by atoms with Crippen molar-refractivity contribution in [1.82, 2.24) is 0 Å². The Morgan fingerprint density at radius 1 is 0.545 bits per heavy atom. The lowest BCUT2D eigenvalue weighted by molar-refractivity contribution is -0.161. The van der Waals surface area contributed by atoms with E-state index in [2.05, 4.69) is 42.7 Å². The Morgan fingerprint density at radius 2 is 0.909 bits per heavy atom. The molecule has 0 aliphatic heterocycles. The molecule has 0 fully saturated rings. The molecule has 0 rings (SSSR count). The van der Waals surface area contributed by atoms with Crippen LogP contribution in [0.3, 0.4) is 0 Å². The van der Waals surface area contributed by atoms with Crippen molar-refractivity contribution in [1.29, 1.82) is 0 Å². The van der Waals surface area contributed by atoms with Crippen LogP contribution in [-0.4, -0.2) is 59.9 Å². The maximum absolute atomic E-state index is 12.6. The maximum Gasteiger partial charge on any atom is 0.472 e. The molecule has 0 aromatic rings. The van der Waals surface area contributed by atoms with E-state index in [1.807, 2.05) is 0 Å². The summed E-state index contributed by atoms with van der Waals surface area (Å²) in [6, 6.07) is -1.52. The monoisotopic (exact) mass is 802 g/mol. The molecule has 0 aliphatic carbocycles. The Morgan fingerprint density at radius 3 is 1.35 bits per heavy atom. The van der Waals surface area contributed by atoms with Crippen molar-refractivity contribution < 1.29 is 47.5 Å². The van der Waals surface area contributed by atoms with Gasteiger partial charge in [0.25, 0.3) is 0 Å². The molecule has 0 saturated carbocycles. The minimum atomic E-state index is -4.71. The van der Waals surface area contributed by atoms with E-state index < -0.39 is 51.1 Å². The van der Waals surface area contributed by atoms with Gasteiger partial charge in [-0.2, -0.15) is 0 Å². The van der Waals surface area contributed by atoms with Gasteiger partial charge in [0.05, 0.1) is 13.2 Å². The van der Waals surface area contributed by atoms with Crippen molar-refractivity contribution in [2.75, 3.05) is 19.8 Å². The number of rotatable bonds is 41. The van der Waals surface area contributed by atoms with E-state index in [1.54, 1.807) is 0 Å². The quantitative estimate of drug-likeness (QED) is 0.0232. The summed E-state index contributed by atoms with van der Waals surface area (Å²) >= 11 is 0. The Labute approximate surface area is 334 Å². The number of phosphoric acid groups is 1. The first-order chi connectivity index (χ1) is 26.6. The number of carbonyl (C=O) groups is 3. The van der Waals surface area contributed by atoms with Crippen molar-refractivity contribution >= 4 is 25.7 Å². The van der Waals surface area contributed by atoms with E-state index in [9.17, 15) is 23.8 Å². The summed E-state index contributed by atoms with van der Waals surface area (Å²) in [6.07, 6.45) is 39.5. The first kappa shape index (κ1) is 53.0. The molecular formula is C43H80NO10P. The van der Waals surface area contributed by atoms with Gasteiger partial charge in [0.15, 0.2) is 6.10 Å². The SMILES string of the molecule is CCCCCC/C=C/CCCCCCCCCCCC(=O)OC[C@H](COP(=O)(O)OC[C@H](N)C(=O)O)OC(=O)CCCCCCC/C=C/CCCCCCC. The van der Waals surface area contributed by atoms with E-state index in [4.69, 9.17) is 24.8 Å². The van der Waals surface area contributed by atoms with Crippen LogP contribution >= 0.6 is 7.82 Å². The molecule has 0 heterocycles. The zero-order valence-corrected chi connectivity index (χ0v) is 35.7. The van der Waals surface area contributed by atoms with Gasteiger partial charge in [0.1, 0.15) is 12.6 Å². The lowest BCUT2D eigenvalue weighted by Crippen LogP contribution is -2.34. The molecule has 0 aliphatic rings. The first-order valence-corrected chi connectivity index (χ1v) is 23.4. The standard InChI is InChI=1S/C43H80NO10P/c1-3-5-7-9-11-13-15-17-19-20-21-23-24-26-28-30-32-34-41(45)51-36-39(37-52-55(49,50)53-38-40(44)43(47)48)54-42(46)35-33-31-29-27-25-22-18-16-14-12-10-8-6-4-2/h13,15-16,18,39-40H,3-12,14,17,19-38,44H2,1-2H3,(H,47,48)(H,49,50)/b15-13+,18-16+/t39-,40+/m1/s1. The third kappa shape index (κ3) is 38.6. The molecule has 0 spiro atoms. The fourth-order valence-electron chi connectivity index (χ4n) is 5.94. The zero-order chi connectivity index (χ0) is 40.7. The number of carbonyl (C=O) groups excluding carboxylic acids is 2. The number of ether oxygens (including phenoxy) is 2. The average Bonchev–Trinajstić information content (AvgIpc) is 3.16. The Bertz CT molecular complexity index is 1040. The number of hydrogen-bond acceptors (Lipinski definition) is 9. The molecule has 0 radical (unpaired) electrons. The van der Waals surface area contributed by atoms with Crippen LogP contribution in [0.4, 0.5) is 0 Å². The summed E-state index contributed by atoms with van der Waals surface area (Å²) in [5, 5.41) is 8.88. The third-order valence-corrected chi connectivity index (χ3v) is 10.4. The van der Waals surface area contributed by atoms with E-state index in [0.717, 1.165) is 57.8 Å². The predicted octanol–water partition coefficient (Wildman–Crippen LogP) is 11.5.